The monoisotopic (exact) mass is 293 g/mol. The molecular weight excluding hydrogens is 270 g/mol. The average Bonchev–Trinajstić information content (AvgIpc) is 2.47. The molecule has 0 radical (unpaired) electrons. The molecule has 1 aliphatic rings. The van der Waals surface area contributed by atoms with E-state index in [-0.39, 0.29) is 12.0 Å². The third-order valence-electron chi connectivity index (χ3n) is 4.46. The number of carbonyl (C=O) groups excluding carboxylic acids is 1. The molecule has 20 heavy (non-hydrogen) atoms. The molecule has 0 saturated heterocycles. The summed E-state index contributed by atoms with van der Waals surface area (Å²) in [6, 6.07) is 8.10. The zero-order valence-corrected chi connectivity index (χ0v) is 13.2. The SMILES string of the molecule is CC(c1cccc(Cl)c1)N(C)CC(=O)C1CCCCC1. The smallest absolute Gasteiger partial charge is 0.149 e. The van der Waals surface area contributed by atoms with Crippen LogP contribution in [0.25, 0.3) is 0 Å². The summed E-state index contributed by atoms with van der Waals surface area (Å²) < 4.78 is 0. The number of rotatable bonds is 5. The zero-order valence-electron chi connectivity index (χ0n) is 12.4. The van der Waals surface area contributed by atoms with Gasteiger partial charge in [-0.05, 0) is 44.5 Å². The van der Waals surface area contributed by atoms with Crippen LogP contribution in [0.2, 0.25) is 5.02 Å². The largest absolute Gasteiger partial charge is 0.298 e. The predicted octanol–water partition coefficient (Wildman–Crippen LogP) is 4.48. The number of halogens is 1. The van der Waals surface area contributed by atoms with Crippen LogP contribution in [-0.2, 0) is 4.79 Å². The first-order valence-electron chi connectivity index (χ1n) is 7.56. The van der Waals surface area contributed by atoms with Gasteiger partial charge in [-0.25, -0.2) is 0 Å². The van der Waals surface area contributed by atoms with Gasteiger partial charge in [-0.2, -0.15) is 0 Å². The molecular formula is C17H24ClNO. The van der Waals surface area contributed by atoms with Crippen LogP contribution >= 0.6 is 11.6 Å². The molecule has 1 atom stereocenters. The predicted molar refractivity (Wildman–Crippen MR) is 84.1 cm³/mol. The van der Waals surface area contributed by atoms with Crippen molar-refractivity contribution in [3.63, 3.8) is 0 Å². The summed E-state index contributed by atoms with van der Waals surface area (Å²) >= 11 is 6.04. The van der Waals surface area contributed by atoms with Crippen LogP contribution < -0.4 is 0 Å². The Bertz CT molecular complexity index is 454. The second-order valence-corrected chi connectivity index (χ2v) is 6.38. The summed E-state index contributed by atoms with van der Waals surface area (Å²) in [6.45, 7) is 2.66. The molecule has 110 valence electrons. The van der Waals surface area contributed by atoms with Crippen molar-refractivity contribution < 1.29 is 4.79 Å². The summed E-state index contributed by atoms with van der Waals surface area (Å²) in [5.41, 5.74) is 1.16. The Labute approximate surface area is 127 Å². The number of benzene rings is 1. The second kappa shape index (κ2) is 7.24. The standard InChI is InChI=1S/C17H24ClNO/c1-13(15-9-6-10-16(18)11-15)19(2)12-17(20)14-7-4-3-5-8-14/h6,9-11,13-14H,3-5,7-8,12H2,1-2H3. The van der Waals surface area contributed by atoms with Crippen molar-refractivity contribution in [3.8, 4) is 0 Å². The Morgan fingerprint density at radius 1 is 1.35 bits per heavy atom. The molecule has 1 aliphatic carbocycles. The molecule has 0 amide bonds. The van der Waals surface area contributed by atoms with E-state index in [4.69, 9.17) is 11.6 Å². The Hall–Kier alpha value is -0.860. The lowest BCUT2D eigenvalue weighted by atomic mass is 9.86. The highest BCUT2D eigenvalue weighted by atomic mass is 35.5. The number of hydrogen-bond acceptors (Lipinski definition) is 2. The fourth-order valence-electron chi connectivity index (χ4n) is 2.96. The highest BCUT2D eigenvalue weighted by Gasteiger charge is 2.23. The van der Waals surface area contributed by atoms with Gasteiger partial charge in [0.05, 0.1) is 6.54 Å². The van der Waals surface area contributed by atoms with Gasteiger partial charge in [0.2, 0.25) is 0 Å². The van der Waals surface area contributed by atoms with E-state index in [1.54, 1.807) is 0 Å². The molecule has 0 aliphatic heterocycles. The summed E-state index contributed by atoms with van der Waals surface area (Å²) in [7, 11) is 2.02. The number of nitrogens with zero attached hydrogens (tertiary/aromatic N) is 1. The molecule has 0 aromatic heterocycles. The molecule has 0 bridgehead atoms. The van der Waals surface area contributed by atoms with Gasteiger partial charge in [-0.3, -0.25) is 9.69 Å². The molecule has 2 rings (SSSR count). The molecule has 1 saturated carbocycles. The second-order valence-electron chi connectivity index (χ2n) is 5.95. The first-order chi connectivity index (χ1) is 9.58. The summed E-state index contributed by atoms with van der Waals surface area (Å²) in [6.07, 6.45) is 5.88. The highest BCUT2D eigenvalue weighted by Crippen LogP contribution is 2.26. The average molecular weight is 294 g/mol. The number of Topliss-reactive ketones (excluding diaryl/α,β-unsaturated/α-hetero) is 1. The van der Waals surface area contributed by atoms with Gasteiger partial charge in [0.25, 0.3) is 0 Å². The van der Waals surface area contributed by atoms with E-state index in [9.17, 15) is 4.79 Å². The van der Waals surface area contributed by atoms with Gasteiger partial charge < -0.3 is 0 Å². The molecule has 3 heteroatoms. The molecule has 0 N–H and O–H groups in total. The minimum Gasteiger partial charge on any atom is -0.298 e. The zero-order chi connectivity index (χ0) is 14.5. The van der Waals surface area contributed by atoms with Crippen molar-refractivity contribution >= 4 is 17.4 Å². The maximum atomic E-state index is 12.3. The molecule has 1 unspecified atom stereocenters. The lowest BCUT2D eigenvalue weighted by molar-refractivity contribution is -0.125. The van der Waals surface area contributed by atoms with Crippen LogP contribution in [0.5, 0.6) is 0 Å². The van der Waals surface area contributed by atoms with Crippen molar-refractivity contribution in [3.05, 3.63) is 34.9 Å². The number of likely N-dealkylation sites (N-methyl/N-ethyl adjacent to an activating group) is 1. The summed E-state index contributed by atoms with van der Waals surface area (Å²) in [4.78, 5) is 14.5. The third kappa shape index (κ3) is 4.07. The van der Waals surface area contributed by atoms with Gasteiger partial charge in [0.1, 0.15) is 5.78 Å². The van der Waals surface area contributed by atoms with Crippen LogP contribution in [0.4, 0.5) is 0 Å². The molecule has 1 fully saturated rings. The van der Waals surface area contributed by atoms with Crippen molar-refractivity contribution in [2.45, 2.75) is 45.1 Å². The maximum absolute atomic E-state index is 12.3. The quantitative estimate of drug-likeness (QED) is 0.797. The fraction of sp³-hybridized carbons (Fsp3) is 0.588. The first kappa shape index (κ1) is 15.5. The molecule has 1 aromatic carbocycles. The fourth-order valence-corrected chi connectivity index (χ4v) is 3.16. The Balaban J connectivity index is 1.93. The van der Waals surface area contributed by atoms with E-state index in [0.29, 0.717) is 12.3 Å². The lowest BCUT2D eigenvalue weighted by Crippen LogP contribution is -2.33. The Kier molecular flexibility index (Phi) is 5.62. The topological polar surface area (TPSA) is 20.3 Å². The van der Waals surface area contributed by atoms with Gasteiger partial charge in [-0.1, -0.05) is 43.0 Å². The van der Waals surface area contributed by atoms with Crippen LogP contribution in [-0.4, -0.2) is 24.3 Å². The summed E-state index contributed by atoms with van der Waals surface area (Å²) in [5, 5.41) is 0.751. The van der Waals surface area contributed by atoms with E-state index in [0.717, 1.165) is 23.4 Å². The number of hydrogen-bond donors (Lipinski definition) is 0. The van der Waals surface area contributed by atoms with Crippen LogP contribution in [0.3, 0.4) is 0 Å². The van der Waals surface area contributed by atoms with Gasteiger partial charge in [0, 0.05) is 17.0 Å². The molecule has 0 heterocycles. The Morgan fingerprint density at radius 3 is 2.70 bits per heavy atom. The minimum absolute atomic E-state index is 0.209. The van der Waals surface area contributed by atoms with Crippen molar-refractivity contribution in [1.29, 1.82) is 0 Å². The van der Waals surface area contributed by atoms with E-state index in [2.05, 4.69) is 17.9 Å². The van der Waals surface area contributed by atoms with Gasteiger partial charge in [-0.15, -0.1) is 0 Å². The highest BCUT2D eigenvalue weighted by molar-refractivity contribution is 6.30. The van der Waals surface area contributed by atoms with Crippen molar-refractivity contribution in [2.75, 3.05) is 13.6 Å². The Morgan fingerprint density at radius 2 is 2.05 bits per heavy atom. The van der Waals surface area contributed by atoms with Gasteiger partial charge >= 0.3 is 0 Å². The lowest BCUT2D eigenvalue weighted by Gasteiger charge is -2.27. The molecule has 0 spiro atoms. The first-order valence-corrected chi connectivity index (χ1v) is 7.94. The normalized spacial score (nSPS) is 18.2. The van der Waals surface area contributed by atoms with E-state index in [1.807, 2.05) is 25.2 Å². The van der Waals surface area contributed by atoms with E-state index < -0.39 is 0 Å². The molecule has 2 nitrogen and oxygen atoms in total. The van der Waals surface area contributed by atoms with Gasteiger partial charge in [0.15, 0.2) is 0 Å². The molecule has 1 aromatic rings. The number of ketones is 1. The number of carbonyl (C=O) groups is 1. The maximum Gasteiger partial charge on any atom is 0.149 e. The minimum atomic E-state index is 0.209. The third-order valence-corrected chi connectivity index (χ3v) is 4.69. The summed E-state index contributed by atoms with van der Waals surface area (Å²) in [5.74, 6) is 0.693. The van der Waals surface area contributed by atoms with E-state index in [1.165, 1.54) is 19.3 Å². The van der Waals surface area contributed by atoms with E-state index >= 15 is 0 Å². The van der Waals surface area contributed by atoms with Crippen LogP contribution in [0.1, 0.15) is 50.6 Å². The van der Waals surface area contributed by atoms with Crippen LogP contribution in [0, 0.1) is 5.92 Å². The van der Waals surface area contributed by atoms with Crippen molar-refractivity contribution in [1.82, 2.24) is 4.90 Å². The van der Waals surface area contributed by atoms with Crippen molar-refractivity contribution in [2.24, 2.45) is 5.92 Å². The van der Waals surface area contributed by atoms with Crippen LogP contribution in [0.15, 0.2) is 24.3 Å².